The van der Waals surface area contributed by atoms with Crippen molar-refractivity contribution in [3.05, 3.63) is 27.9 Å². The fourth-order valence-corrected chi connectivity index (χ4v) is 1.96. The van der Waals surface area contributed by atoms with Gasteiger partial charge in [0, 0.05) is 12.6 Å². The number of rotatable bonds is 8. The van der Waals surface area contributed by atoms with Crippen molar-refractivity contribution in [2.24, 2.45) is 5.92 Å². The zero-order valence-corrected chi connectivity index (χ0v) is 11.9. The minimum Gasteiger partial charge on any atom is -0.369 e. The smallest absolute Gasteiger partial charge is 0.289 e. The van der Waals surface area contributed by atoms with Crippen LogP contribution in [0.3, 0.4) is 0 Å². The highest BCUT2D eigenvalue weighted by Crippen LogP contribution is 2.20. The molecule has 6 nitrogen and oxygen atoms in total. The van der Waals surface area contributed by atoms with Crippen molar-refractivity contribution in [3.8, 4) is 6.07 Å². The van der Waals surface area contributed by atoms with Crippen molar-refractivity contribution in [2.45, 2.75) is 39.5 Å². The van der Waals surface area contributed by atoms with E-state index in [1.54, 1.807) is 0 Å². The predicted octanol–water partition coefficient (Wildman–Crippen LogP) is 3.49. The number of hydrogen-bond acceptors (Lipinski definition) is 5. The first kappa shape index (κ1) is 15.9. The molecule has 6 heteroatoms. The molecule has 0 bridgehead atoms. The molecule has 0 saturated heterocycles. The molecule has 1 N–H and O–H groups in total. The summed E-state index contributed by atoms with van der Waals surface area (Å²) in [5.41, 5.74) is 0.0506. The van der Waals surface area contributed by atoms with E-state index >= 15 is 0 Å². The summed E-state index contributed by atoms with van der Waals surface area (Å²) in [5, 5.41) is 22.8. The van der Waals surface area contributed by atoms with Crippen molar-refractivity contribution in [2.75, 3.05) is 11.9 Å². The highest BCUT2D eigenvalue weighted by atomic mass is 16.6. The number of hydrogen-bond donors (Lipinski definition) is 1. The van der Waals surface area contributed by atoms with Gasteiger partial charge in [-0.2, -0.15) is 5.26 Å². The van der Waals surface area contributed by atoms with Crippen LogP contribution in [0.1, 0.15) is 45.1 Å². The minimum atomic E-state index is -0.548. The molecule has 0 amide bonds. The van der Waals surface area contributed by atoms with Gasteiger partial charge in [-0.05, 0) is 12.3 Å². The first-order valence-corrected chi connectivity index (χ1v) is 6.90. The van der Waals surface area contributed by atoms with Gasteiger partial charge < -0.3 is 5.32 Å². The van der Waals surface area contributed by atoms with Gasteiger partial charge in [-0.25, -0.2) is 4.98 Å². The van der Waals surface area contributed by atoms with Crippen molar-refractivity contribution in [3.63, 3.8) is 0 Å². The van der Waals surface area contributed by atoms with Crippen molar-refractivity contribution in [1.29, 1.82) is 5.26 Å². The highest BCUT2D eigenvalue weighted by Gasteiger charge is 2.13. The molecule has 108 valence electrons. The number of nitriles is 1. The molecule has 0 aliphatic rings. The second-order valence-electron chi connectivity index (χ2n) is 4.76. The molecule has 0 aliphatic carbocycles. The van der Waals surface area contributed by atoms with Gasteiger partial charge in [0.2, 0.25) is 0 Å². The third-order valence-corrected chi connectivity index (χ3v) is 3.31. The summed E-state index contributed by atoms with van der Waals surface area (Å²) in [7, 11) is 0. The van der Waals surface area contributed by atoms with Gasteiger partial charge in [0.1, 0.15) is 23.6 Å². The van der Waals surface area contributed by atoms with E-state index in [0.29, 0.717) is 11.7 Å². The maximum atomic E-state index is 10.6. The molecule has 1 aromatic heterocycles. The maximum Gasteiger partial charge on any atom is 0.289 e. The molecule has 0 unspecified atom stereocenters. The summed E-state index contributed by atoms with van der Waals surface area (Å²) in [5.74, 6) is 0.950. The number of unbranched alkanes of at least 4 members (excludes halogenated alkanes) is 1. The van der Waals surface area contributed by atoms with Gasteiger partial charge in [0.25, 0.3) is 5.69 Å². The summed E-state index contributed by atoms with van der Waals surface area (Å²) >= 11 is 0. The number of pyridine rings is 1. The molecule has 1 rings (SSSR count). The van der Waals surface area contributed by atoms with Crippen LogP contribution in [0, 0.1) is 27.4 Å². The van der Waals surface area contributed by atoms with Gasteiger partial charge in [0.05, 0.1) is 4.92 Å². The fraction of sp³-hybridized carbons (Fsp3) is 0.571. The number of aromatic nitrogens is 1. The first-order chi connectivity index (χ1) is 9.62. The van der Waals surface area contributed by atoms with E-state index in [4.69, 9.17) is 5.26 Å². The van der Waals surface area contributed by atoms with E-state index in [9.17, 15) is 10.1 Å². The van der Waals surface area contributed by atoms with Crippen LogP contribution in [0.2, 0.25) is 0 Å². The van der Waals surface area contributed by atoms with Crippen molar-refractivity contribution >= 4 is 11.5 Å². The van der Waals surface area contributed by atoms with E-state index in [1.165, 1.54) is 18.7 Å². The molecule has 0 aromatic carbocycles. The maximum absolute atomic E-state index is 10.6. The zero-order chi connectivity index (χ0) is 15.0. The lowest BCUT2D eigenvalue weighted by molar-refractivity contribution is -0.385. The SMILES string of the molecule is CCCC[C@@H](CC)CNc1ncc([N+](=O)[O-])cc1C#N. The van der Waals surface area contributed by atoms with Crippen molar-refractivity contribution < 1.29 is 4.92 Å². The van der Waals surface area contributed by atoms with E-state index < -0.39 is 4.92 Å². The van der Waals surface area contributed by atoms with Crippen LogP contribution in [-0.4, -0.2) is 16.5 Å². The van der Waals surface area contributed by atoms with Gasteiger partial charge in [-0.1, -0.05) is 33.1 Å². The molecular formula is C14H20N4O2. The Bertz CT molecular complexity index is 496. The Kier molecular flexibility index (Phi) is 6.44. The Morgan fingerprint density at radius 3 is 2.85 bits per heavy atom. The number of nitrogens with one attached hydrogen (secondary N) is 1. The Morgan fingerprint density at radius 2 is 2.30 bits per heavy atom. The lowest BCUT2D eigenvalue weighted by Crippen LogP contribution is -2.15. The van der Waals surface area contributed by atoms with Crippen LogP contribution in [0.4, 0.5) is 11.5 Å². The lowest BCUT2D eigenvalue weighted by Gasteiger charge is -2.16. The topological polar surface area (TPSA) is 91.8 Å². The predicted molar refractivity (Wildman–Crippen MR) is 77.4 cm³/mol. The summed E-state index contributed by atoms with van der Waals surface area (Å²) in [6.07, 6.45) is 5.71. The molecule has 1 atom stereocenters. The largest absolute Gasteiger partial charge is 0.369 e. The summed E-state index contributed by atoms with van der Waals surface area (Å²) < 4.78 is 0. The van der Waals surface area contributed by atoms with Crippen LogP contribution in [0.15, 0.2) is 12.3 Å². The average molecular weight is 276 g/mol. The Morgan fingerprint density at radius 1 is 1.55 bits per heavy atom. The van der Waals surface area contributed by atoms with Crippen LogP contribution in [0.5, 0.6) is 0 Å². The molecule has 1 aromatic rings. The number of anilines is 1. The average Bonchev–Trinajstić information content (AvgIpc) is 2.47. The molecule has 1 heterocycles. The van der Waals surface area contributed by atoms with Crippen LogP contribution >= 0.6 is 0 Å². The number of nitro groups is 1. The van der Waals surface area contributed by atoms with Crippen LogP contribution < -0.4 is 5.32 Å². The summed E-state index contributed by atoms with van der Waals surface area (Å²) in [6.45, 7) is 5.03. The molecule has 0 fully saturated rings. The number of nitrogens with zero attached hydrogens (tertiary/aromatic N) is 3. The quantitative estimate of drug-likeness (QED) is 0.579. The molecule has 0 spiro atoms. The standard InChI is InChI=1S/C14H20N4O2/c1-3-5-6-11(4-2)9-16-14-12(8-15)7-13(10-17-14)18(19)20/h7,10-11H,3-6,9H2,1-2H3,(H,16,17)/t11-/m1/s1. The van der Waals surface area contributed by atoms with E-state index in [0.717, 1.165) is 25.8 Å². The lowest BCUT2D eigenvalue weighted by atomic mass is 9.99. The monoisotopic (exact) mass is 276 g/mol. The summed E-state index contributed by atoms with van der Waals surface area (Å²) in [6, 6.07) is 3.20. The first-order valence-electron chi connectivity index (χ1n) is 6.90. The van der Waals surface area contributed by atoms with Gasteiger partial charge >= 0.3 is 0 Å². The van der Waals surface area contributed by atoms with Gasteiger partial charge in [0.15, 0.2) is 0 Å². The fourth-order valence-electron chi connectivity index (χ4n) is 1.96. The summed E-state index contributed by atoms with van der Waals surface area (Å²) in [4.78, 5) is 14.1. The zero-order valence-electron chi connectivity index (χ0n) is 11.9. The third-order valence-electron chi connectivity index (χ3n) is 3.31. The highest BCUT2D eigenvalue weighted by molar-refractivity contribution is 5.55. The second kappa shape index (κ2) is 8.10. The third kappa shape index (κ3) is 4.50. The molecule has 0 saturated carbocycles. The van der Waals surface area contributed by atoms with E-state index in [1.807, 2.05) is 6.07 Å². The second-order valence-corrected chi connectivity index (χ2v) is 4.76. The minimum absolute atomic E-state index is 0.162. The molecule has 20 heavy (non-hydrogen) atoms. The van der Waals surface area contributed by atoms with E-state index in [2.05, 4.69) is 24.1 Å². The Hall–Kier alpha value is -2.16. The normalized spacial score (nSPS) is 11.7. The van der Waals surface area contributed by atoms with Crippen LogP contribution in [-0.2, 0) is 0 Å². The van der Waals surface area contributed by atoms with Crippen LogP contribution in [0.25, 0.3) is 0 Å². The Labute approximate surface area is 119 Å². The molecule has 0 radical (unpaired) electrons. The Balaban J connectivity index is 2.72. The van der Waals surface area contributed by atoms with Gasteiger partial charge in [-0.3, -0.25) is 10.1 Å². The van der Waals surface area contributed by atoms with Gasteiger partial charge in [-0.15, -0.1) is 0 Å². The molecule has 0 aliphatic heterocycles. The van der Waals surface area contributed by atoms with E-state index in [-0.39, 0.29) is 11.3 Å². The molecular weight excluding hydrogens is 256 g/mol. The van der Waals surface area contributed by atoms with Crippen molar-refractivity contribution in [1.82, 2.24) is 4.98 Å².